The molecule has 1 heterocycles. The lowest BCUT2D eigenvalue weighted by Gasteiger charge is -2.10. The Kier molecular flexibility index (Phi) is 4.20. The first-order chi connectivity index (χ1) is 9.60. The van der Waals surface area contributed by atoms with Crippen molar-refractivity contribution < 1.29 is 14.6 Å². The molecule has 0 aliphatic heterocycles. The largest absolute Gasteiger partial charge is 0.506 e. The number of nitrogens with zero attached hydrogens (tertiary/aromatic N) is 1. The number of aromatic nitrogens is 1. The number of carbonyl (C=O) groups excluding carboxylic acids is 1. The molecule has 0 radical (unpaired) electrons. The summed E-state index contributed by atoms with van der Waals surface area (Å²) in [6.45, 7) is 2.46. The number of hydrogen-bond donors (Lipinski definition) is 2. The number of hydrogen-bond acceptors (Lipinski definition) is 5. The topological polar surface area (TPSA) is 71.5 Å². The molecule has 0 saturated carbocycles. The van der Waals surface area contributed by atoms with Gasteiger partial charge in [-0.05, 0) is 36.8 Å². The molecule has 0 unspecified atom stereocenters. The molecule has 0 spiro atoms. The zero-order valence-electron chi connectivity index (χ0n) is 11.4. The number of methoxy groups -OCH3 is 1. The van der Waals surface area contributed by atoms with Crippen LogP contribution in [0.1, 0.15) is 21.6 Å². The lowest BCUT2D eigenvalue weighted by molar-refractivity contribution is 0.0601. The van der Waals surface area contributed by atoms with Gasteiger partial charge in [0.1, 0.15) is 5.75 Å². The fraction of sp³-hybridized carbons (Fsp3) is 0.200. The van der Waals surface area contributed by atoms with Crippen LogP contribution >= 0.6 is 0 Å². The monoisotopic (exact) mass is 272 g/mol. The van der Waals surface area contributed by atoms with Crippen LogP contribution < -0.4 is 5.32 Å². The standard InChI is InChI=1S/C15H16N2O3/c1-10-3-4-11(15(19)20-2)7-14(10)17-8-12-5-6-13(18)9-16-12/h3-7,9,17-18H,8H2,1-2H3. The number of benzene rings is 1. The quantitative estimate of drug-likeness (QED) is 0.837. The zero-order chi connectivity index (χ0) is 14.5. The number of esters is 1. The van der Waals surface area contributed by atoms with Crippen molar-refractivity contribution in [1.82, 2.24) is 4.98 Å². The van der Waals surface area contributed by atoms with Crippen LogP contribution in [-0.2, 0) is 11.3 Å². The van der Waals surface area contributed by atoms with Crippen LogP contribution in [0.25, 0.3) is 0 Å². The Morgan fingerprint density at radius 3 is 2.80 bits per heavy atom. The van der Waals surface area contributed by atoms with Crippen LogP contribution in [0.5, 0.6) is 5.75 Å². The molecule has 2 rings (SSSR count). The second kappa shape index (κ2) is 6.06. The predicted octanol–water partition coefficient (Wildman–Crippen LogP) is 2.49. The molecule has 104 valence electrons. The Hall–Kier alpha value is -2.56. The minimum Gasteiger partial charge on any atom is -0.506 e. The Balaban J connectivity index is 2.12. The molecule has 0 atom stereocenters. The van der Waals surface area contributed by atoms with Gasteiger partial charge in [0, 0.05) is 5.69 Å². The van der Waals surface area contributed by atoms with Gasteiger partial charge in [-0.3, -0.25) is 4.98 Å². The van der Waals surface area contributed by atoms with Gasteiger partial charge in [0.25, 0.3) is 0 Å². The number of nitrogens with one attached hydrogen (secondary N) is 1. The predicted molar refractivity (Wildman–Crippen MR) is 75.7 cm³/mol. The molecule has 1 aromatic heterocycles. The smallest absolute Gasteiger partial charge is 0.337 e. The molecular weight excluding hydrogens is 256 g/mol. The van der Waals surface area contributed by atoms with Gasteiger partial charge < -0.3 is 15.2 Å². The van der Waals surface area contributed by atoms with E-state index < -0.39 is 0 Å². The number of anilines is 1. The van der Waals surface area contributed by atoms with Gasteiger partial charge in [-0.1, -0.05) is 6.07 Å². The number of aryl methyl sites for hydroxylation is 1. The third-order valence-electron chi connectivity index (χ3n) is 2.93. The van der Waals surface area contributed by atoms with E-state index >= 15 is 0 Å². The first kappa shape index (κ1) is 13.9. The van der Waals surface area contributed by atoms with E-state index in [2.05, 4.69) is 10.3 Å². The van der Waals surface area contributed by atoms with Gasteiger partial charge in [0.15, 0.2) is 0 Å². The lowest BCUT2D eigenvalue weighted by Crippen LogP contribution is -2.06. The number of aromatic hydroxyl groups is 1. The van der Waals surface area contributed by atoms with E-state index in [0.29, 0.717) is 12.1 Å². The summed E-state index contributed by atoms with van der Waals surface area (Å²) in [6, 6.07) is 8.66. The average molecular weight is 272 g/mol. The van der Waals surface area contributed by atoms with Crippen LogP contribution in [0.15, 0.2) is 36.5 Å². The third-order valence-corrected chi connectivity index (χ3v) is 2.93. The summed E-state index contributed by atoms with van der Waals surface area (Å²) in [4.78, 5) is 15.6. The Bertz CT molecular complexity index is 609. The van der Waals surface area contributed by atoms with Crippen molar-refractivity contribution in [2.45, 2.75) is 13.5 Å². The molecule has 5 nitrogen and oxygen atoms in total. The van der Waals surface area contributed by atoms with Crippen molar-refractivity contribution in [2.75, 3.05) is 12.4 Å². The van der Waals surface area contributed by atoms with Crippen LogP contribution in [0.4, 0.5) is 5.69 Å². The maximum Gasteiger partial charge on any atom is 0.337 e. The zero-order valence-corrected chi connectivity index (χ0v) is 11.4. The summed E-state index contributed by atoms with van der Waals surface area (Å²) < 4.78 is 4.70. The SMILES string of the molecule is COC(=O)c1ccc(C)c(NCc2ccc(O)cn2)c1. The van der Waals surface area contributed by atoms with Gasteiger partial charge in [-0.25, -0.2) is 4.79 Å². The van der Waals surface area contributed by atoms with Crippen molar-refractivity contribution in [2.24, 2.45) is 0 Å². The molecule has 1 aromatic carbocycles. The van der Waals surface area contributed by atoms with Crippen molar-refractivity contribution >= 4 is 11.7 Å². The van der Waals surface area contributed by atoms with E-state index in [4.69, 9.17) is 4.74 Å². The van der Waals surface area contributed by atoms with Crippen LogP contribution in [0.2, 0.25) is 0 Å². The summed E-state index contributed by atoms with van der Waals surface area (Å²) in [6.07, 6.45) is 1.40. The minimum absolute atomic E-state index is 0.137. The molecule has 0 bridgehead atoms. The fourth-order valence-corrected chi connectivity index (χ4v) is 1.76. The summed E-state index contributed by atoms with van der Waals surface area (Å²) in [7, 11) is 1.36. The van der Waals surface area contributed by atoms with Gasteiger partial charge in [0.05, 0.1) is 31.1 Å². The molecule has 20 heavy (non-hydrogen) atoms. The van der Waals surface area contributed by atoms with Gasteiger partial charge in [0.2, 0.25) is 0 Å². The number of carbonyl (C=O) groups is 1. The lowest BCUT2D eigenvalue weighted by atomic mass is 10.1. The maximum absolute atomic E-state index is 11.5. The second-order valence-electron chi connectivity index (χ2n) is 4.38. The van der Waals surface area contributed by atoms with Crippen molar-refractivity contribution in [3.8, 4) is 5.75 Å². The van der Waals surface area contributed by atoms with E-state index in [9.17, 15) is 9.90 Å². The molecule has 0 fully saturated rings. The molecule has 2 N–H and O–H groups in total. The minimum atomic E-state index is -0.365. The highest BCUT2D eigenvalue weighted by molar-refractivity contribution is 5.90. The van der Waals surface area contributed by atoms with Crippen LogP contribution in [0, 0.1) is 6.92 Å². The van der Waals surface area contributed by atoms with Crippen molar-refractivity contribution in [1.29, 1.82) is 0 Å². The third kappa shape index (κ3) is 3.26. The Labute approximate surface area is 117 Å². The maximum atomic E-state index is 11.5. The summed E-state index contributed by atoms with van der Waals surface area (Å²) in [5.74, 6) is -0.228. The van der Waals surface area contributed by atoms with E-state index in [0.717, 1.165) is 16.9 Å². The normalized spacial score (nSPS) is 10.1. The van der Waals surface area contributed by atoms with Crippen LogP contribution in [-0.4, -0.2) is 23.2 Å². The van der Waals surface area contributed by atoms with E-state index in [1.165, 1.54) is 13.3 Å². The van der Waals surface area contributed by atoms with Gasteiger partial charge >= 0.3 is 5.97 Å². The molecule has 0 saturated heterocycles. The fourth-order valence-electron chi connectivity index (χ4n) is 1.76. The first-order valence-corrected chi connectivity index (χ1v) is 6.17. The first-order valence-electron chi connectivity index (χ1n) is 6.17. The van der Waals surface area contributed by atoms with Gasteiger partial charge in [-0.2, -0.15) is 0 Å². The van der Waals surface area contributed by atoms with E-state index in [1.54, 1.807) is 24.3 Å². The van der Waals surface area contributed by atoms with Crippen LogP contribution in [0.3, 0.4) is 0 Å². The average Bonchev–Trinajstić information content (AvgIpc) is 2.47. The van der Waals surface area contributed by atoms with Crippen molar-refractivity contribution in [3.05, 3.63) is 53.3 Å². The highest BCUT2D eigenvalue weighted by Gasteiger charge is 2.08. The highest BCUT2D eigenvalue weighted by Crippen LogP contribution is 2.18. The molecular formula is C15H16N2O3. The Morgan fingerprint density at radius 2 is 2.15 bits per heavy atom. The molecule has 5 heteroatoms. The Morgan fingerprint density at radius 1 is 1.35 bits per heavy atom. The highest BCUT2D eigenvalue weighted by atomic mass is 16.5. The molecule has 2 aromatic rings. The molecule has 0 aliphatic rings. The second-order valence-corrected chi connectivity index (χ2v) is 4.38. The van der Waals surface area contributed by atoms with Crippen molar-refractivity contribution in [3.63, 3.8) is 0 Å². The van der Waals surface area contributed by atoms with Gasteiger partial charge in [-0.15, -0.1) is 0 Å². The number of rotatable bonds is 4. The summed E-state index contributed by atoms with van der Waals surface area (Å²) in [5.41, 5.74) is 3.17. The molecule has 0 aliphatic carbocycles. The molecule has 0 amide bonds. The number of ether oxygens (including phenoxy) is 1. The number of pyridine rings is 1. The summed E-state index contributed by atoms with van der Waals surface area (Å²) >= 11 is 0. The van der Waals surface area contributed by atoms with E-state index in [-0.39, 0.29) is 11.7 Å². The summed E-state index contributed by atoms with van der Waals surface area (Å²) in [5, 5.41) is 12.4. The van der Waals surface area contributed by atoms with E-state index in [1.807, 2.05) is 13.0 Å².